The molecule has 4 N–H and O–H groups in total. The molecule has 5 rings (SSSR count). The topological polar surface area (TPSA) is 127 Å². The van der Waals surface area contributed by atoms with E-state index in [4.69, 9.17) is 10.2 Å². The first kappa shape index (κ1) is 24.6. The van der Waals surface area contributed by atoms with Crippen LogP contribution in [0.1, 0.15) is 61.9 Å². The van der Waals surface area contributed by atoms with Crippen molar-refractivity contribution in [2.45, 2.75) is 62.9 Å². The SMILES string of the molecule is NC(=O)C(CC1CCCCC1)NC1(C(=O)C2CCNCC2)C=NC(C(=O)c2cc3ccccc3o2)=C1. The second-order valence-electron chi connectivity index (χ2n) is 10.4. The summed E-state index contributed by atoms with van der Waals surface area (Å²) in [7, 11) is 0. The zero-order chi connectivity index (χ0) is 25.1. The van der Waals surface area contributed by atoms with Gasteiger partial charge in [0.1, 0.15) is 16.8 Å². The number of nitrogens with one attached hydrogen (secondary N) is 2. The number of hydrogen-bond donors (Lipinski definition) is 3. The second-order valence-corrected chi connectivity index (χ2v) is 10.4. The molecule has 1 aromatic carbocycles. The van der Waals surface area contributed by atoms with Crippen molar-refractivity contribution in [2.24, 2.45) is 22.6 Å². The lowest BCUT2D eigenvalue weighted by atomic mass is 9.80. The van der Waals surface area contributed by atoms with Crippen LogP contribution < -0.4 is 16.4 Å². The highest BCUT2D eigenvalue weighted by Gasteiger charge is 2.45. The predicted octanol–water partition coefficient (Wildman–Crippen LogP) is 3.31. The monoisotopic (exact) mass is 490 g/mol. The number of benzene rings is 1. The molecule has 1 saturated heterocycles. The average Bonchev–Trinajstić information content (AvgIpc) is 3.54. The Bertz CT molecular complexity index is 1170. The van der Waals surface area contributed by atoms with Crippen LogP contribution in [0.4, 0.5) is 0 Å². The maximum Gasteiger partial charge on any atom is 0.246 e. The van der Waals surface area contributed by atoms with E-state index in [0.717, 1.165) is 44.2 Å². The quantitative estimate of drug-likeness (QED) is 0.463. The molecule has 0 radical (unpaired) electrons. The first-order chi connectivity index (χ1) is 17.4. The number of amides is 1. The normalized spacial score (nSPS) is 24.1. The summed E-state index contributed by atoms with van der Waals surface area (Å²) in [4.78, 5) is 44.1. The number of ketones is 2. The molecule has 2 atom stereocenters. The summed E-state index contributed by atoms with van der Waals surface area (Å²) in [5.41, 5.74) is 5.21. The summed E-state index contributed by atoms with van der Waals surface area (Å²) in [6.45, 7) is 1.50. The van der Waals surface area contributed by atoms with E-state index in [2.05, 4.69) is 15.6 Å². The summed E-state index contributed by atoms with van der Waals surface area (Å²) < 4.78 is 5.76. The Kier molecular flexibility index (Phi) is 7.16. The molecular formula is C28H34N4O4. The molecule has 2 aromatic rings. The van der Waals surface area contributed by atoms with E-state index in [1.165, 1.54) is 12.6 Å². The Morgan fingerprint density at radius 2 is 1.86 bits per heavy atom. The molecular weight excluding hydrogens is 456 g/mol. The number of furan rings is 1. The van der Waals surface area contributed by atoms with Crippen LogP contribution in [0, 0.1) is 11.8 Å². The van der Waals surface area contributed by atoms with Crippen LogP contribution in [0.5, 0.6) is 0 Å². The van der Waals surface area contributed by atoms with Crippen molar-refractivity contribution in [3.63, 3.8) is 0 Å². The van der Waals surface area contributed by atoms with Gasteiger partial charge in [0.2, 0.25) is 11.7 Å². The summed E-state index contributed by atoms with van der Waals surface area (Å²) in [6, 6.07) is 8.39. The minimum absolute atomic E-state index is 0.0740. The molecule has 36 heavy (non-hydrogen) atoms. The molecule has 1 amide bonds. The molecule has 3 aliphatic rings. The van der Waals surface area contributed by atoms with Crippen LogP contribution >= 0.6 is 0 Å². The van der Waals surface area contributed by atoms with Gasteiger partial charge in [-0.2, -0.15) is 0 Å². The van der Waals surface area contributed by atoms with Crippen LogP contribution in [0.25, 0.3) is 11.0 Å². The van der Waals surface area contributed by atoms with Crippen molar-refractivity contribution >= 4 is 34.7 Å². The highest BCUT2D eigenvalue weighted by Crippen LogP contribution is 2.31. The van der Waals surface area contributed by atoms with Crippen LogP contribution in [0.2, 0.25) is 0 Å². The molecule has 2 fully saturated rings. The number of allylic oxidation sites excluding steroid dienone is 1. The van der Waals surface area contributed by atoms with Crippen molar-refractivity contribution in [3.05, 3.63) is 47.9 Å². The third-order valence-electron chi connectivity index (χ3n) is 7.82. The number of para-hydroxylation sites is 1. The van der Waals surface area contributed by atoms with Gasteiger partial charge in [-0.05, 0) is 56.5 Å². The molecule has 8 nitrogen and oxygen atoms in total. The number of piperidine rings is 1. The zero-order valence-electron chi connectivity index (χ0n) is 20.5. The summed E-state index contributed by atoms with van der Waals surface area (Å²) in [5, 5.41) is 7.39. The lowest BCUT2D eigenvalue weighted by Crippen LogP contribution is -2.61. The second kappa shape index (κ2) is 10.5. The Morgan fingerprint density at radius 1 is 1.11 bits per heavy atom. The van der Waals surface area contributed by atoms with E-state index in [1.807, 2.05) is 18.2 Å². The third-order valence-corrected chi connectivity index (χ3v) is 7.82. The van der Waals surface area contributed by atoms with E-state index in [1.54, 1.807) is 18.2 Å². The largest absolute Gasteiger partial charge is 0.453 e. The van der Waals surface area contributed by atoms with Crippen molar-refractivity contribution < 1.29 is 18.8 Å². The van der Waals surface area contributed by atoms with Crippen LogP contribution in [0.3, 0.4) is 0 Å². The fourth-order valence-electron chi connectivity index (χ4n) is 5.80. The fourth-order valence-corrected chi connectivity index (χ4v) is 5.80. The molecule has 0 spiro atoms. The average molecular weight is 491 g/mol. The number of fused-ring (bicyclic) bond motifs is 1. The van der Waals surface area contributed by atoms with Crippen molar-refractivity contribution in [1.29, 1.82) is 0 Å². The first-order valence-corrected chi connectivity index (χ1v) is 13.1. The number of Topliss-reactive ketones (excluding diaryl/α,β-unsaturated/α-hetero) is 2. The molecule has 2 aliphatic heterocycles. The van der Waals surface area contributed by atoms with Gasteiger partial charge in [-0.25, -0.2) is 0 Å². The van der Waals surface area contributed by atoms with Gasteiger partial charge in [0, 0.05) is 17.5 Å². The number of hydrogen-bond acceptors (Lipinski definition) is 7. The Hall–Kier alpha value is -3.10. The molecule has 1 aliphatic carbocycles. The van der Waals surface area contributed by atoms with Gasteiger partial charge < -0.3 is 15.5 Å². The number of nitrogens with two attached hydrogens (primary N) is 1. The van der Waals surface area contributed by atoms with E-state index in [-0.39, 0.29) is 23.2 Å². The molecule has 190 valence electrons. The van der Waals surface area contributed by atoms with E-state index >= 15 is 0 Å². The van der Waals surface area contributed by atoms with Gasteiger partial charge in [-0.3, -0.25) is 24.7 Å². The van der Waals surface area contributed by atoms with Crippen LogP contribution in [0.15, 0.2) is 51.5 Å². The molecule has 0 bridgehead atoms. The Morgan fingerprint density at radius 3 is 2.58 bits per heavy atom. The lowest BCUT2D eigenvalue weighted by Gasteiger charge is -2.35. The van der Waals surface area contributed by atoms with Crippen LogP contribution in [-0.2, 0) is 9.59 Å². The lowest BCUT2D eigenvalue weighted by molar-refractivity contribution is -0.127. The zero-order valence-corrected chi connectivity index (χ0v) is 20.5. The molecule has 2 unspecified atom stereocenters. The number of carbonyl (C=O) groups excluding carboxylic acids is 3. The minimum atomic E-state index is -1.35. The molecule has 3 heterocycles. The Balaban J connectivity index is 1.44. The van der Waals surface area contributed by atoms with Crippen molar-refractivity contribution in [2.75, 3.05) is 13.1 Å². The summed E-state index contributed by atoms with van der Waals surface area (Å²) in [6.07, 6.45) is 10.6. The minimum Gasteiger partial charge on any atom is -0.453 e. The van der Waals surface area contributed by atoms with E-state index < -0.39 is 23.3 Å². The Labute approximate surface area is 210 Å². The van der Waals surface area contributed by atoms with E-state index in [9.17, 15) is 14.4 Å². The number of carbonyl (C=O) groups is 3. The maximum absolute atomic E-state index is 13.9. The highest BCUT2D eigenvalue weighted by atomic mass is 16.3. The summed E-state index contributed by atoms with van der Waals surface area (Å²) in [5.74, 6) is -0.614. The first-order valence-electron chi connectivity index (χ1n) is 13.1. The van der Waals surface area contributed by atoms with Gasteiger partial charge in [0.25, 0.3) is 0 Å². The van der Waals surface area contributed by atoms with Gasteiger partial charge in [-0.1, -0.05) is 50.3 Å². The third kappa shape index (κ3) is 5.06. The number of nitrogens with zero attached hydrogens (tertiary/aromatic N) is 1. The number of rotatable bonds is 9. The van der Waals surface area contributed by atoms with Crippen LogP contribution in [-0.4, -0.2) is 48.4 Å². The van der Waals surface area contributed by atoms with Gasteiger partial charge in [0.05, 0.1) is 6.04 Å². The highest BCUT2D eigenvalue weighted by molar-refractivity contribution is 6.17. The molecule has 8 heteroatoms. The summed E-state index contributed by atoms with van der Waals surface area (Å²) >= 11 is 0. The number of aliphatic imine (C=N–C) groups is 1. The molecule has 1 aromatic heterocycles. The van der Waals surface area contributed by atoms with Gasteiger partial charge in [-0.15, -0.1) is 0 Å². The van der Waals surface area contributed by atoms with Crippen molar-refractivity contribution in [3.8, 4) is 0 Å². The van der Waals surface area contributed by atoms with Gasteiger partial charge in [0.15, 0.2) is 11.5 Å². The van der Waals surface area contributed by atoms with Gasteiger partial charge >= 0.3 is 0 Å². The predicted molar refractivity (Wildman–Crippen MR) is 138 cm³/mol. The molecule has 1 saturated carbocycles. The maximum atomic E-state index is 13.9. The standard InChI is InChI=1S/C28H34N4O4/c29-27(35)21(14-18-6-2-1-3-7-18)32-28(26(34)19-10-12-30-13-11-19)16-22(31-17-28)25(33)24-15-20-8-4-5-9-23(20)36-24/h4-5,8-9,15-19,21,30,32H,1-3,6-7,10-14H2,(H2,29,35). The van der Waals surface area contributed by atoms with E-state index in [0.29, 0.717) is 30.8 Å². The number of primary amides is 1. The fraction of sp³-hybridized carbons (Fsp3) is 0.500. The smallest absolute Gasteiger partial charge is 0.246 e. The van der Waals surface area contributed by atoms with Crippen molar-refractivity contribution in [1.82, 2.24) is 10.6 Å².